The fourth-order valence-corrected chi connectivity index (χ4v) is 3.87. The quantitative estimate of drug-likeness (QED) is 0.520. The summed E-state index contributed by atoms with van der Waals surface area (Å²) in [6.45, 7) is 5.03. The van der Waals surface area contributed by atoms with Crippen molar-refractivity contribution in [2.45, 2.75) is 13.0 Å². The lowest BCUT2D eigenvalue weighted by atomic mass is 10.1. The number of benzene rings is 2. The SMILES string of the molecule is CN1CCN(c2ccc(Nc3ncnc4c3nnn4CCc3ccccc3)cc2)CC1. The standard InChI is InChI=1S/C23H26N8/c1-29-13-15-30(16-14-29)20-9-7-19(8-10-20)26-22-21-23(25-17-24-22)31(28-27-21)12-11-18-5-3-2-4-6-18/h2-10,17H,11-16H2,1H3,(H,24,25,26). The Kier molecular flexibility index (Phi) is 5.45. The zero-order valence-electron chi connectivity index (χ0n) is 17.6. The lowest BCUT2D eigenvalue weighted by Crippen LogP contribution is -2.44. The molecule has 0 atom stereocenters. The fourth-order valence-electron chi connectivity index (χ4n) is 3.87. The van der Waals surface area contributed by atoms with Gasteiger partial charge < -0.3 is 15.1 Å². The van der Waals surface area contributed by atoms with E-state index in [1.165, 1.54) is 11.3 Å². The van der Waals surface area contributed by atoms with Crippen LogP contribution < -0.4 is 10.2 Å². The Morgan fingerprint density at radius 3 is 2.45 bits per heavy atom. The van der Waals surface area contributed by atoms with E-state index in [4.69, 9.17) is 0 Å². The highest BCUT2D eigenvalue weighted by atomic mass is 15.4. The van der Waals surface area contributed by atoms with Gasteiger partial charge in [-0.2, -0.15) is 0 Å². The van der Waals surface area contributed by atoms with Gasteiger partial charge in [-0.1, -0.05) is 35.5 Å². The van der Waals surface area contributed by atoms with Crippen molar-refractivity contribution in [1.82, 2.24) is 29.9 Å². The molecule has 0 aliphatic carbocycles. The van der Waals surface area contributed by atoms with Crippen LogP contribution in [0, 0.1) is 0 Å². The van der Waals surface area contributed by atoms with E-state index in [1.54, 1.807) is 6.33 Å². The topological polar surface area (TPSA) is 75.0 Å². The zero-order valence-corrected chi connectivity index (χ0v) is 17.6. The van der Waals surface area contributed by atoms with Crippen LogP contribution in [-0.4, -0.2) is 63.1 Å². The molecule has 2 aromatic carbocycles. The molecule has 31 heavy (non-hydrogen) atoms. The van der Waals surface area contributed by atoms with Gasteiger partial charge in [0.25, 0.3) is 0 Å². The second-order valence-corrected chi connectivity index (χ2v) is 7.90. The minimum Gasteiger partial charge on any atom is -0.369 e. The molecular weight excluding hydrogens is 388 g/mol. The Hall–Kier alpha value is -3.52. The second-order valence-electron chi connectivity index (χ2n) is 7.90. The molecule has 1 aliphatic rings. The first kappa shape index (κ1) is 19.4. The Labute approximate surface area is 181 Å². The highest BCUT2D eigenvalue weighted by Gasteiger charge is 2.15. The van der Waals surface area contributed by atoms with Crippen molar-refractivity contribution in [2.24, 2.45) is 0 Å². The van der Waals surface area contributed by atoms with Crippen LogP contribution in [-0.2, 0) is 13.0 Å². The molecule has 1 saturated heterocycles. The molecule has 158 valence electrons. The minimum atomic E-state index is 0.670. The molecule has 0 bridgehead atoms. The minimum absolute atomic E-state index is 0.670. The summed E-state index contributed by atoms with van der Waals surface area (Å²) in [6.07, 6.45) is 2.44. The summed E-state index contributed by atoms with van der Waals surface area (Å²) in [7, 11) is 2.17. The van der Waals surface area contributed by atoms with Gasteiger partial charge in [0.2, 0.25) is 0 Å². The number of piperazine rings is 1. The molecule has 0 spiro atoms. The van der Waals surface area contributed by atoms with Gasteiger partial charge in [-0.3, -0.25) is 0 Å². The van der Waals surface area contributed by atoms with Crippen LogP contribution in [0.25, 0.3) is 11.2 Å². The molecule has 4 aromatic rings. The van der Waals surface area contributed by atoms with Crippen molar-refractivity contribution < 1.29 is 0 Å². The van der Waals surface area contributed by atoms with Crippen LogP contribution in [0.5, 0.6) is 0 Å². The molecule has 0 unspecified atom stereocenters. The van der Waals surface area contributed by atoms with E-state index in [1.807, 2.05) is 22.9 Å². The number of aromatic nitrogens is 5. The molecule has 1 N–H and O–H groups in total. The molecule has 2 aromatic heterocycles. The van der Waals surface area contributed by atoms with Gasteiger partial charge in [-0.25, -0.2) is 14.6 Å². The van der Waals surface area contributed by atoms with Crippen LogP contribution in [0.2, 0.25) is 0 Å². The van der Waals surface area contributed by atoms with Gasteiger partial charge in [0, 0.05) is 44.1 Å². The van der Waals surface area contributed by atoms with E-state index in [0.29, 0.717) is 11.3 Å². The molecule has 5 rings (SSSR count). The van der Waals surface area contributed by atoms with Gasteiger partial charge in [-0.05, 0) is 43.3 Å². The molecule has 8 heteroatoms. The average Bonchev–Trinajstić information content (AvgIpc) is 3.24. The van der Waals surface area contributed by atoms with Crippen molar-refractivity contribution in [2.75, 3.05) is 43.4 Å². The maximum absolute atomic E-state index is 4.41. The predicted octanol–water partition coefficient (Wildman–Crippen LogP) is 2.96. The molecule has 0 amide bonds. The van der Waals surface area contributed by atoms with Crippen molar-refractivity contribution >= 4 is 28.4 Å². The fraction of sp³-hybridized carbons (Fsp3) is 0.304. The van der Waals surface area contributed by atoms with E-state index in [0.717, 1.165) is 50.5 Å². The third-order valence-electron chi connectivity index (χ3n) is 5.75. The first-order chi connectivity index (χ1) is 15.3. The smallest absolute Gasteiger partial charge is 0.183 e. The van der Waals surface area contributed by atoms with Gasteiger partial charge in [0.15, 0.2) is 17.0 Å². The number of aryl methyl sites for hydroxylation is 2. The average molecular weight is 415 g/mol. The van der Waals surface area contributed by atoms with E-state index < -0.39 is 0 Å². The number of fused-ring (bicyclic) bond motifs is 1. The monoisotopic (exact) mass is 414 g/mol. The van der Waals surface area contributed by atoms with Crippen LogP contribution in [0.15, 0.2) is 60.9 Å². The number of nitrogens with one attached hydrogen (secondary N) is 1. The predicted molar refractivity (Wildman–Crippen MR) is 123 cm³/mol. The third kappa shape index (κ3) is 4.34. The van der Waals surface area contributed by atoms with Crippen LogP contribution >= 0.6 is 0 Å². The lowest BCUT2D eigenvalue weighted by molar-refractivity contribution is 0.313. The Bertz CT molecular complexity index is 1130. The molecule has 0 saturated carbocycles. The van der Waals surface area contributed by atoms with Crippen molar-refractivity contribution in [1.29, 1.82) is 0 Å². The Balaban J connectivity index is 1.30. The molecule has 1 fully saturated rings. The van der Waals surface area contributed by atoms with E-state index in [-0.39, 0.29) is 0 Å². The lowest BCUT2D eigenvalue weighted by Gasteiger charge is -2.34. The number of nitrogens with zero attached hydrogens (tertiary/aromatic N) is 7. The maximum atomic E-state index is 4.41. The highest BCUT2D eigenvalue weighted by Crippen LogP contribution is 2.24. The number of hydrogen-bond donors (Lipinski definition) is 1. The summed E-state index contributed by atoms with van der Waals surface area (Å²) in [5, 5.41) is 12.0. The number of likely N-dealkylation sites (N-methyl/N-ethyl adjacent to an activating group) is 1. The third-order valence-corrected chi connectivity index (χ3v) is 5.75. The summed E-state index contributed by atoms with van der Waals surface area (Å²) in [4.78, 5) is 13.6. The number of rotatable bonds is 6. The molecule has 1 aliphatic heterocycles. The van der Waals surface area contributed by atoms with Gasteiger partial charge in [0.05, 0.1) is 0 Å². The summed E-state index contributed by atoms with van der Waals surface area (Å²) >= 11 is 0. The second kappa shape index (κ2) is 8.69. The molecular formula is C23H26N8. The van der Waals surface area contributed by atoms with Gasteiger partial charge in [0.1, 0.15) is 6.33 Å². The summed E-state index contributed by atoms with van der Waals surface area (Å²) in [5.41, 5.74) is 4.90. The Morgan fingerprint density at radius 2 is 1.68 bits per heavy atom. The van der Waals surface area contributed by atoms with E-state index >= 15 is 0 Å². The first-order valence-corrected chi connectivity index (χ1v) is 10.6. The van der Waals surface area contributed by atoms with Crippen LogP contribution in [0.4, 0.5) is 17.2 Å². The summed E-state index contributed by atoms with van der Waals surface area (Å²) < 4.78 is 1.84. The first-order valence-electron chi connectivity index (χ1n) is 10.6. The number of hydrogen-bond acceptors (Lipinski definition) is 7. The van der Waals surface area contributed by atoms with Crippen LogP contribution in [0.1, 0.15) is 5.56 Å². The zero-order chi connectivity index (χ0) is 21.0. The Morgan fingerprint density at radius 1 is 0.903 bits per heavy atom. The molecule has 0 radical (unpaired) electrons. The van der Waals surface area contributed by atoms with Crippen molar-refractivity contribution in [3.8, 4) is 0 Å². The maximum Gasteiger partial charge on any atom is 0.183 e. The van der Waals surface area contributed by atoms with Gasteiger partial charge in [-0.15, -0.1) is 5.10 Å². The molecule has 8 nitrogen and oxygen atoms in total. The largest absolute Gasteiger partial charge is 0.369 e. The van der Waals surface area contributed by atoms with Crippen molar-refractivity contribution in [3.63, 3.8) is 0 Å². The van der Waals surface area contributed by atoms with E-state index in [9.17, 15) is 0 Å². The molecule has 3 heterocycles. The number of anilines is 3. The van der Waals surface area contributed by atoms with E-state index in [2.05, 4.69) is 78.8 Å². The highest BCUT2D eigenvalue weighted by molar-refractivity contribution is 5.84. The van der Waals surface area contributed by atoms with Crippen LogP contribution in [0.3, 0.4) is 0 Å². The van der Waals surface area contributed by atoms with Crippen molar-refractivity contribution in [3.05, 3.63) is 66.5 Å². The normalized spacial score (nSPS) is 14.8. The summed E-state index contributed by atoms with van der Waals surface area (Å²) in [5.74, 6) is 0.670. The van der Waals surface area contributed by atoms with Gasteiger partial charge >= 0.3 is 0 Å². The summed E-state index contributed by atoms with van der Waals surface area (Å²) in [6, 6.07) is 18.8.